The fraction of sp³-hybridized carbons (Fsp3) is 0.688. The van der Waals surface area contributed by atoms with Gasteiger partial charge in [0.2, 0.25) is 5.91 Å². The molecule has 0 aliphatic heterocycles. The van der Waals surface area contributed by atoms with E-state index in [4.69, 9.17) is 0 Å². The van der Waals surface area contributed by atoms with Crippen LogP contribution in [-0.2, 0) is 4.79 Å². The second kappa shape index (κ2) is 7.79. The van der Waals surface area contributed by atoms with Gasteiger partial charge in [0.05, 0.1) is 6.04 Å². The molecule has 2 N–H and O–H groups in total. The van der Waals surface area contributed by atoms with Crippen LogP contribution in [0.5, 0.6) is 0 Å². The van der Waals surface area contributed by atoms with Gasteiger partial charge in [-0.2, -0.15) is 0 Å². The van der Waals surface area contributed by atoms with Crippen molar-refractivity contribution in [2.75, 3.05) is 0 Å². The van der Waals surface area contributed by atoms with Gasteiger partial charge in [-0.05, 0) is 52.7 Å². The number of hydrogen-bond donors (Lipinski definition) is 2. The molecule has 0 aliphatic carbocycles. The van der Waals surface area contributed by atoms with Gasteiger partial charge in [-0.25, -0.2) is 0 Å². The number of amides is 1. The van der Waals surface area contributed by atoms with E-state index in [0.29, 0.717) is 0 Å². The maximum Gasteiger partial charge on any atom is 0.237 e. The Hall–Kier alpha value is -0.870. The Morgan fingerprint density at radius 2 is 1.95 bits per heavy atom. The van der Waals surface area contributed by atoms with Crippen molar-refractivity contribution in [2.24, 2.45) is 0 Å². The molecule has 20 heavy (non-hydrogen) atoms. The van der Waals surface area contributed by atoms with Crippen molar-refractivity contribution >= 4 is 17.2 Å². The van der Waals surface area contributed by atoms with Gasteiger partial charge < -0.3 is 5.32 Å². The molecule has 0 saturated carbocycles. The van der Waals surface area contributed by atoms with Crippen molar-refractivity contribution in [3.05, 3.63) is 21.4 Å². The standard InChI is InChI=1S/C16H28N2OS/c1-7-8-10(2)17-16(19)13(5)18-12(4)15-9-11(3)20-14(15)6/h9-10,12-13,18H,7-8H2,1-6H3,(H,17,19). The molecule has 0 bridgehead atoms. The summed E-state index contributed by atoms with van der Waals surface area (Å²) in [6.45, 7) is 12.5. The molecule has 0 radical (unpaired) electrons. The Kier molecular flexibility index (Phi) is 6.69. The van der Waals surface area contributed by atoms with E-state index in [1.807, 2.05) is 18.3 Å². The SMILES string of the molecule is CCCC(C)NC(=O)C(C)NC(C)c1cc(C)sc1C. The number of nitrogens with one attached hydrogen (secondary N) is 2. The summed E-state index contributed by atoms with van der Waals surface area (Å²) in [7, 11) is 0. The topological polar surface area (TPSA) is 41.1 Å². The monoisotopic (exact) mass is 296 g/mol. The summed E-state index contributed by atoms with van der Waals surface area (Å²) in [5.74, 6) is 0.0856. The van der Waals surface area contributed by atoms with Crippen molar-refractivity contribution in [3.63, 3.8) is 0 Å². The lowest BCUT2D eigenvalue weighted by atomic mass is 10.1. The minimum atomic E-state index is -0.177. The largest absolute Gasteiger partial charge is 0.352 e. The highest BCUT2D eigenvalue weighted by Crippen LogP contribution is 2.26. The molecule has 1 aromatic heterocycles. The van der Waals surface area contributed by atoms with Gasteiger partial charge in [-0.15, -0.1) is 11.3 Å². The lowest BCUT2D eigenvalue weighted by Gasteiger charge is -2.22. The molecular weight excluding hydrogens is 268 g/mol. The average Bonchev–Trinajstić information content (AvgIpc) is 2.68. The number of carbonyl (C=O) groups excluding carboxylic acids is 1. The van der Waals surface area contributed by atoms with E-state index < -0.39 is 0 Å². The third kappa shape index (κ3) is 4.91. The quantitative estimate of drug-likeness (QED) is 0.805. The fourth-order valence-corrected chi connectivity index (χ4v) is 3.52. The molecule has 3 unspecified atom stereocenters. The average molecular weight is 296 g/mol. The maximum absolute atomic E-state index is 12.1. The van der Waals surface area contributed by atoms with Crippen LogP contribution in [0.1, 0.15) is 61.9 Å². The van der Waals surface area contributed by atoms with Gasteiger partial charge in [0, 0.05) is 21.8 Å². The third-order valence-corrected chi connectivity index (χ3v) is 4.53. The second-order valence-corrected chi connectivity index (χ2v) is 7.14. The molecule has 114 valence electrons. The van der Waals surface area contributed by atoms with Crippen molar-refractivity contribution in [1.29, 1.82) is 0 Å². The highest BCUT2D eigenvalue weighted by atomic mass is 32.1. The molecule has 1 aromatic rings. The van der Waals surface area contributed by atoms with Crippen LogP contribution in [0.2, 0.25) is 0 Å². The maximum atomic E-state index is 12.1. The minimum Gasteiger partial charge on any atom is -0.352 e. The van der Waals surface area contributed by atoms with E-state index in [1.54, 1.807) is 0 Å². The number of rotatable bonds is 7. The Bertz CT molecular complexity index is 442. The van der Waals surface area contributed by atoms with Crippen LogP contribution >= 0.6 is 11.3 Å². The molecular formula is C16H28N2OS. The normalized spacial score (nSPS) is 15.7. The second-order valence-electron chi connectivity index (χ2n) is 5.68. The van der Waals surface area contributed by atoms with Crippen LogP contribution in [0, 0.1) is 13.8 Å². The molecule has 0 aliphatic rings. The highest BCUT2D eigenvalue weighted by molar-refractivity contribution is 7.12. The zero-order valence-electron chi connectivity index (χ0n) is 13.5. The number of hydrogen-bond acceptors (Lipinski definition) is 3. The molecule has 0 fully saturated rings. The minimum absolute atomic E-state index is 0.0856. The number of carbonyl (C=O) groups is 1. The van der Waals surface area contributed by atoms with Crippen LogP contribution in [-0.4, -0.2) is 18.0 Å². The lowest BCUT2D eigenvalue weighted by Crippen LogP contribution is -2.46. The highest BCUT2D eigenvalue weighted by Gasteiger charge is 2.19. The molecule has 0 saturated heterocycles. The number of aryl methyl sites for hydroxylation is 2. The first-order valence-electron chi connectivity index (χ1n) is 7.48. The van der Waals surface area contributed by atoms with Gasteiger partial charge in [0.15, 0.2) is 0 Å². The molecule has 0 spiro atoms. The predicted molar refractivity (Wildman–Crippen MR) is 87.3 cm³/mol. The Labute approximate surface area is 127 Å². The van der Waals surface area contributed by atoms with Crippen molar-refractivity contribution in [1.82, 2.24) is 10.6 Å². The summed E-state index contributed by atoms with van der Waals surface area (Å²) in [6, 6.07) is 2.48. The molecule has 1 heterocycles. The van der Waals surface area contributed by atoms with Crippen LogP contribution in [0.3, 0.4) is 0 Å². The zero-order chi connectivity index (χ0) is 15.3. The van der Waals surface area contributed by atoms with E-state index >= 15 is 0 Å². The summed E-state index contributed by atoms with van der Waals surface area (Å²) >= 11 is 1.81. The third-order valence-electron chi connectivity index (χ3n) is 3.55. The summed E-state index contributed by atoms with van der Waals surface area (Å²) in [5, 5.41) is 6.45. The van der Waals surface area contributed by atoms with E-state index in [9.17, 15) is 4.79 Å². The molecule has 3 atom stereocenters. The Morgan fingerprint density at radius 3 is 2.45 bits per heavy atom. The first-order valence-corrected chi connectivity index (χ1v) is 8.30. The summed E-state index contributed by atoms with van der Waals surface area (Å²) in [6.07, 6.45) is 2.11. The summed E-state index contributed by atoms with van der Waals surface area (Å²) in [4.78, 5) is 14.8. The molecule has 1 rings (SSSR count). The van der Waals surface area contributed by atoms with Crippen molar-refractivity contribution in [3.8, 4) is 0 Å². The van der Waals surface area contributed by atoms with Gasteiger partial charge in [-0.3, -0.25) is 10.1 Å². The van der Waals surface area contributed by atoms with E-state index in [0.717, 1.165) is 12.8 Å². The molecule has 4 heteroatoms. The van der Waals surface area contributed by atoms with Crippen LogP contribution < -0.4 is 10.6 Å². The van der Waals surface area contributed by atoms with Crippen molar-refractivity contribution < 1.29 is 4.79 Å². The van der Waals surface area contributed by atoms with Gasteiger partial charge >= 0.3 is 0 Å². The summed E-state index contributed by atoms with van der Waals surface area (Å²) in [5.41, 5.74) is 1.30. The first kappa shape index (κ1) is 17.2. The van der Waals surface area contributed by atoms with Crippen molar-refractivity contribution in [2.45, 2.75) is 72.5 Å². The molecule has 0 aromatic carbocycles. The molecule has 3 nitrogen and oxygen atoms in total. The van der Waals surface area contributed by atoms with E-state index in [1.165, 1.54) is 15.3 Å². The van der Waals surface area contributed by atoms with E-state index in [2.05, 4.69) is 51.3 Å². The number of thiophene rings is 1. The van der Waals surface area contributed by atoms with Crippen LogP contribution in [0.4, 0.5) is 0 Å². The first-order chi connectivity index (χ1) is 9.35. The Morgan fingerprint density at radius 1 is 1.30 bits per heavy atom. The van der Waals surface area contributed by atoms with E-state index in [-0.39, 0.29) is 24.0 Å². The fourth-order valence-electron chi connectivity index (χ4n) is 2.49. The zero-order valence-corrected chi connectivity index (χ0v) is 14.4. The predicted octanol–water partition coefficient (Wildman–Crippen LogP) is 3.71. The lowest BCUT2D eigenvalue weighted by molar-refractivity contribution is -0.123. The Balaban J connectivity index is 2.54. The van der Waals surface area contributed by atoms with Gasteiger partial charge in [-0.1, -0.05) is 13.3 Å². The van der Waals surface area contributed by atoms with Crippen LogP contribution in [0.15, 0.2) is 6.07 Å². The van der Waals surface area contributed by atoms with Crippen LogP contribution in [0.25, 0.3) is 0 Å². The van der Waals surface area contributed by atoms with Gasteiger partial charge in [0.25, 0.3) is 0 Å². The molecule has 1 amide bonds. The smallest absolute Gasteiger partial charge is 0.237 e. The summed E-state index contributed by atoms with van der Waals surface area (Å²) < 4.78 is 0. The van der Waals surface area contributed by atoms with Gasteiger partial charge in [0.1, 0.15) is 0 Å².